The molecule has 11 heteroatoms. The fourth-order valence-electron chi connectivity index (χ4n) is 3.62. The van der Waals surface area contributed by atoms with Gasteiger partial charge in [0.05, 0.1) is 23.6 Å². The van der Waals surface area contributed by atoms with Crippen molar-refractivity contribution in [3.63, 3.8) is 0 Å². The van der Waals surface area contributed by atoms with Gasteiger partial charge in [-0.2, -0.15) is 0 Å². The summed E-state index contributed by atoms with van der Waals surface area (Å²) in [7, 11) is 0. The van der Waals surface area contributed by atoms with Crippen LogP contribution in [0.15, 0.2) is 59.3 Å². The Kier molecular flexibility index (Phi) is 5.79. The Bertz CT molecular complexity index is 1520. The molecule has 0 saturated carbocycles. The molecule has 0 fully saturated rings. The zero-order chi connectivity index (χ0) is 24.7. The van der Waals surface area contributed by atoms with Crippen molar-refractivity contribution < 1.29 is 23.1 Å². The standard InChI is InChI=1S/C24H19F2N5O3S/c1-12(11-32)13-7-15(25)22(16(26)8-13)19-9-14(23(27)33)24(35-19)29-20-4-5-21-28-17(10-31(21)30-20)18-3-2-6-34-18/h2-10,12,32H,11H2,1H3,(H2,27,33)(H,29,30). The minimum absolute atomic E-state index is 0.0698. The number of amides is 1. The number of nitrogens with zero attached hydrogens (tertiary/aromatic N) is 3. The van der Waals surface area contributed by atoms with Crippen LogP contribution in [0.4, 0.5) is 19.6 Å². The molecule has 0 saturated heterocycles. The molecule has 0 aliphatic heterocycles. The van der Waals surface area contributed by atoms with E-state index in [0.717, 1.165) is 11.3 Å². The first-order valence-corrected chi connectivity index (χ1v) is 11.4. The number of aliphatic hydroxyl groups is 1. The van der Waals surface area contributed by atoms with E-state index in [1.807, 2.05) is 0 Å². The lowest BCUT2D eigenvalue weighted by Gasteiger charge is -2.11. The SMILES string of the molecule is CC(CO)c1cc(F)c(-c2cc(C(N)=O)c(Nc3ccc4nc(-c5ccco5)cn4n3)s2)c(F)c1. The highest BCUT2D eigenvalue weighted by molar-refractivity contribution is 7.20. The zero-order valence-electron chi connectivity index (χ0n) is 18.3. The Morgan fingerprint density at radius 2 is 2.03 bits per heavy atom. The van der Waals surface area contributed by atoms with Crippen LogP contribution in [0.3, 0.4) is 0 Å². The van der Waals surface area contributed by atoms with E-state index in [1.165, 1.54) is 18.2 Å². The number of nitrogens with one attached hydrogen (secondary N) is 1. The first-order valence-electron chi connectivity index (χ1n) is 10.5. The maximum atomic E-state index is 14.9. The van der Waals surface area contributed by atoms with Gasteiger partial charge in [-0.05, 0) is 48.0 Å². The van der Waals surface area contributed by atoms with Gasteiger partial charge >= 0.3 is 0 Å². The van der Waals surface area contributed by atoms with Gasteiger partial charge in [-0.15, -0.1) is 16.4 Å². The number of thiophene rings is 1. The van der Waals surface area contributed by atoms with Crippen LogP contribution in [0, 0.1) is 11.6 Å². The number of fused-ring (bicyclic) bond motifs is 1. The van der Waals surface area contributed by atoms with Gasteiger partial charge in [0.2, 0.25) is 0 Å². The number of rotatable bonds is 7. The lowest BCUT2D eigenvalue weighted by Crippen LogP contribution is -2.11. The van der Waals surface area contributed by atoms with Crippen LogP contribution in [-0.4, -0.2) is 32.2 Å². The molecule has 4 N–H and O–H groups in total. The number of furan rings is 1. The number of imidazole rings is 1. The maximum absolute atomic E-state index is 14.9. The minimum atomic E-state index is -0.799. The number of hydrogen-bond donors (Lipinski definition) is 3. The van der Waals surface area contributed by atoms with Gasteiger partial charge in [0, 0.05) is 17.4 Å². The lowest BCUT2D eigenvalue weighted by molar-refractivity contribution is 0.100. The lowest BCUT2D eigenvalue weighted by atomic mass is 9.99. The summed E-state index contributed by atoms with van der Waals surface area (Å²) in [5.41, 5.74) is 6.83. The molecule has 0 aliphatic rings. The highest BCUT2D eigenvalue weighted by Gasteiger charge is 2.22. The van der Waals surface area contributed by atoms with Crippen molar-refractivity contribution in [3.8, 4) is 21.9 Å². The van der Waals surface area contributed by atoms with E-state index in [0.29, 0.717) is 28.5 Å². The maximum Gasteiger partial charge on any atom is 0.251 e. The van der Waals surface area contributed by atoms with Crippen molar-refractivity contribution in [2.45, 2.75) is 12.8 Å². The predicted octanol–water partition coefficient (Wildman–Crippen LogP) is 4.93. The number of hydrogen-bond acceptors (Lipinski definition) is 7. The molecule has 1 amide bonds. The molecule has 0 aliphatic carbocycles. The summed E-state index contributed by atoms with van der Waals surface area (Å²) in [5.74, 6) is -1.82. The van der Waals surface area contributed by atoms with Gasteiger partial charge < -0.3 is 20.6 Å². The summed E-state index contributed by atoms with van der Waals surface area (Å²) in [5, 5.41) is 17.0. The molecule has 8 nitrogen and oxygen atoms in total. The van der Waals surface area contributed by atoms with Gasteiger partial charge in [-0.1, -0.05) is 6.92 Å². The molecule has 5 rings (SSSR count). The Hall–Kier alpha value is -4.09. The second kappa shape index (κ2) is 8.93. The number of primary amides is 1. The molecule has 0 bridgehead atoms. The van der Waals surface area contributed by atoms with Gasteiger partial charge in [0.1, 0.15) is 22.3 Å². The van der Waals surface area contributed by atoms with E-state index in [1.54, 1.807) is 48.2 Å². The van der Waals surface area contributed by atoms with Crippen molar-refractivity contribution in [1.29, 1.82) is 0 Å². The van der Waals surface area contributed by atoms with Crippen molar-refractivity contribution in [2.24, 2.45) is 5.73 Å². The smallest absolute Gasteiger partial charge is 0.251 e. The Labute approximate surface area is 201 Å². The Morgan fingerprint density at radius 3 is 2.69 bits per heavy atom. The Morgan fingerprint density at radius 1 is 1.26 bits per heavy atom. The third-order valence-corrected chi connectivity index (χ3v) is 6.55. The van der Waals surface area contributed by atoms with E-state index in [9.17, 15) is 18.7 Å². The molecule has 178 valence electrons. The number of halogens is 2. The van der Waals surface area contributed by atoms with Crippen molar-refractivity contribution in [3.05, 3.63) is 77.7 Å². The number of aromatic nitrogens is 3. The molecule has 0 radical (unpaired) electrons. The van der Waals surface area contributed by atoms with Crippen LogP contribution in [0.25, 0.3) is 27.5 Å². The number of carbonyl (C=O) groups excluding carboxylic acids is 1. The number of nitrogens with two attached hydrogens (primary N) is 1. The van der Waals surface area contributed by atoms with E-state index < -0.39 is 23.5 Å². The van der Waals surface area contributed by atoms with Crippen molar-refractivity contribution in [1.82, 2.24) is 14.6 Å². The fourth-order valence-corrected chi connectivity index (χ4v) is 4.74. The fraction of sp³-hybridized carbons (Fsp3) is 0.125. The summed E-state index contributed by atoms with van der Waals surface area (Å²) in [6, 6.07) is 10.6. The third kappa shape index (κ3) is 4.27. The van der Waals surface area contributed by atoms with Crippen LogP contribution in [0.2, 0.25) is 0 Å². The first-order chi connectivity index (χ1) is 16.8. The molecule has 1 atom stereocenters. The molecule has 35 heavy (non-hydrogen) atoms. The largest absolute Gasteiger partial charge is 0.463 e. The zero-order valence-corrected chi connectivity index (χ0v) is 19.1. The van der Waals surface area contributed by atoms with Crippen molar-refractivity contribution >= 4 is 33.7 Å². The van der Waals surface area contributed by atoms with Crippen molar-refractivity contribution in [2.75, 3.05) is 11.9 Å². The van der Waals surface area contributed by atoms with Crippen LogP contribution >= 0.6 is 11.3 Å². The third-order valence-electron chi connectivity index (χ3n) is 5.49. The van der Waals surface area contributed by atoms with Gasteiger partial charge in [-0.3, -0.25) is 4.79 Å². The topological polar surface area (TPSA) is 119 Å². The van der Waals surface area contributed by atoms with E-state index in [-0.39, 0.29) is 27.6 Å². The van der Waals surface area contributed by atoms with Crippen LogP contribution in [0.1, 0.15) is 28.8 Å². The minimum Gasteiger partial charge on any atom is -0.463 e. The van der Waals surface area contributed by atoms with E-state index in [2.05, 4.69) is 15.4 Å². The first kappa shape index (κ1) is 22.7. The second-order valence-corrected chi connectivity index (χ2v) is 8.96. The molecule has 5 aromatic rings. The predicted molar refractivity (Wildman–Crippen MR) is 128 cm³/mol. The summed E-state index contributed by atoms with van der Waals surface area (Å²) < 4.78 is 36.7. The molecule has 1 unspecified atom stereocenters. The monoisotopic (exact) mass is 495 g/mol. The highest BCUT2D eigenvalue weighted by atomic mass is 32.1. The number of benzene rings is 1. The van der Waals surface area contributed by atoms with Crippen LogP contribution in [-0.2, 0) is 0 Å². The van der Waals surface area contributed by atoms with Crippen LogP contribution in [0.5, 0.6) is 0 Å². The quantitative estimate of drug-likeness (QED) is 0.295. The summed E-state index contributed by atoms with van der Waals surface area (Å²) >= 11 is 0.972. The van der Waals surface area contributed by atoms with E-state index >= 15 is 0 Å². The van der Waals surface area contributed by atoms with Gasteiger partial charge in [0.25, 0.3) is 5.91 Å². The highest BCUT2D eigenvalue weighted by Crippen LogP contribution is 2.40. The molecular formula is C24H19F2N5O3S. The number of carbonyl (C=O) groups is 1. The average molecular weight is 496 g/mol. The summed E-state index contributed by atoms with van der Waals surface area (Å²) in [6.45, 7) is 1.42. The molecule has 4 aromatic heterocycles. The number of aliphatic hydroxyl groups excluding tert-OH is 1. The molecule has 4 heterocycles. The number of anilines is 2. The summed E-state index contributed by atoms with van der Waals surface area (Å²) in [6.07, 6.45) is 3.24. The average Bonchev–Trinajstić information content (AvgIpc) is 3.57. The molecule has 1 aromatic carbocycles. The normalized spacial score (nSPS) is 12.2. The van der Waals surface area contributed by atoms with E-state index in [4.69, 9.17) is 10.2 Å². The summed E-state index contributed by atoms with van der Waals surface area (Å²) in [4.78, 5) is 16.7. The second-order valence-electron chi connectivity index (χ2n) is 7.91. The van der Waals surface area contributed by atoms with Crippen LogP contribution < -0.4 is 11.1 Å². The Balaban J connectivity index is 1.50. The van der Waals surface area contributed by atoms with Gasteiger partial charge in [-0.25, -0.2) is 18.3 Å². The van der Waals surface area contributed by atoms with Gasteiger partial charge in [0.15, 0.2) is 17.2 Å². The molecular weight excluding hydrogens is 476 g/mol. The molecule has 0 spiro atoms.